The summed E-state index contributed by atoms with van der Waals surface area (Å²) in [5, 5.41) is 4.65. The zero-order valence-corrected chi connectivity index (χ0v) is 19.8. The molecule has 34 heavy (non-hydrogen) atoms. The Morgan fingerprint density at radius 1 is 1.26 bits per heavy atom. The van der Waals surface area contributed by atoms with Crippen molar-refractivity contribution in [3.05, 3.63) is 64.8 Å². The first kappa shape index (κ1) is 22.2. The van der Waals surface area contributed by atoms with Crippen molar-refractivity contribution >= 4 is 40.2 Å². The molecule has 1 aliphatic rings. The van der Waals surface area contributed by atoms with Crippen LogP contribution in [0.5, 0.6) is 0 Å². The Morgan fingerprint density at radius 3 is 2.94 bits per heavy atom. The molecule has 1 fully saturated rings. The zero-order valence-electron chi connectivity index (χ0n) is 19.1. The molecule has 3 amide bonds. The molecular weight excluding hydrogens is 454 g/mol. The first-order chi connectivity index (χ1) is 16.4. The standard InChI is InChI=1S/C24H26ClN7O2/c1-15-10-26-23-27-12-21(32(23)13-15)22(33)31-7-3-4-19(14-31)30(2)24(34)28-11-18-9-16-8-17(25)5-6-20(16)29-18/h5-6,8-10,12-13,19,29H,3-4,7,11,14H2,1-2H3,(H,28,34)/t19-/m1/s1. The Kier molecular flexibility index (Phi) is 5.87. The van der Waals surface area contributed by atoms with Gasteiger partial charge in [-0.3, -0.25) is 9.20 Å². The van der Waals surface area contributed by atoms with E-state index in [-0.39, 0.29) is 18.0 Å². The summed E-state index contributed by atoms with van der Waals surface area (Å²) in [7, 11) is 1.78. The summed E-state index contributed by atoms with van der Waals surface area (Å²) in [4.78, 5) is 41.4. The number of aryl methyl sites for hydroxylation is 1. The van der Waals surface area contributed by atoms with Crippen molar-refractivity contribution in [2.24, 2.45) is 0 Å². The molecule has 2 N–H and O–H groups in total. The first-order valence-corrected chi connectivity index (χ1v) is 11.6. The van der Waals surface area contributed by atoms with E-state index in [0.29, 0.717) is 36.1 Å². The molecule has 1 saturated heterocycles. The van der Waals surface area contributed by atoms with E-state index >= 15 is 0 Å². The Labute approximate surface area is 201 Å². The van der Waals surface area contributed by atoms with Gasteiger partial charge in [0.1, 0.15) is 5.69 Å². The molecule has 9 nitrogen and oxygen atoms in total. The van der Waals surface area contributed by atoms with Gasteiger partial charge in [0, 0.05) is 54.2 Å². The highest BCUT2D eigenvalue weighted by Gasteiger charge is 2.30. The normalized spacial score (nSPS) is 16.2. The number of carbonyl (C=O) groups excluding carboxylic acids is 2. The summed E-state index contributed by atoms with van der Waals surface area (Å²) >= 11 is 6.06. The molecule has 0 unspecified atom stereocenters. The summed E-state index contributed by atoms with van der Waals surface area (Å²) in [6, 6.07) is 7.37. The smallest absolute Gasteiger partial charge is 0.317 e. The summed E-state index contributed by atoms with van der Waals surface area (Å²) in [5.41, 5.74) is 3.31. The Balaban J connectivity index is 1.23. The molecule has 5 rings (SSSR count). The number of aromatic amines is 1. The van der Waals surface area contributed by atoms with E-state index in [0.717, 1.165) is 35.0 Å². The van der Waals surface area contributed by atoms with Crippen LogP contribution in [-0.4, -0.2) is 67.3 Å². The number of H-pyrrole nitrogens is 1. The van der Waals surface area contributed by atoms with Crippen LogP contribution in [0.2, 0.25) is 5.02 Å². The van der Waals surface area contributed by atoms with Gasteiger partial charge in [-0.05, 0) is 49.6 Å². The van der Waals surface area contributed by atoms with Crippen molar-refractivity contribution in [1.82, 2.24) is 34.5 Å². The minimum absolute atomic E-state index is 0.0710. The minimum Gasteiger partial charge on any atom is -0.357 e. The van der Waals surface area contributed by atoms with Crippen molar-refractivity contribution in [3.63, 3.8) is 0 Å². The van der Waals surface area contributed by atoms with Crippen molar-refractivity contribution in [1.29, 1.82) is 0 Å². The average Bonchev–Trinajstić information content (AvgIpc) is 3.44. The Morgan fingerprint density at radius 2 is 2.09 bits per heavy atom. The maximum atomic E-state index is 13.2. The molecule has 0 bridgehead atoms. The van der Waals surface area contributed by atoms with Crippen LogP contribution in [0.4, 0.5) is 4.79 Å². The number of halogens is 1. The molecule has 0 spiro atoms. The molecular formula is C24H26ClN7O2. The quantitative estimate of drug-likeness (QED) is 0.467. The monoisotopic (exact) mass is 479 g/mol. The van der Waals surface area contributed by atoms with Gasteiger partial charge in [-0.1, -0.05) is 11.6 Å². The maximum Gasteiger partial charge on any atom is 0.317 e. The maximum absolute atomic E-state index is 13.2. The highest BCUT2D eigenvalue weighted by Crippen LogP contribution is 2.21. The van der Waals surface area contributed by atoms with Gasteiger partial charge in [-0.2, -0.15) is 0 Å². The van der Waals surface area contributed by atoms with Gasteiger partial charge in [0.15, 0.2) is 0 Å². The van der Waals surface area contributed by atoms with Crippen molar-refractivity contribution < 1.29 is 9.59 Å². The van der Waals surface area contributed by atoms with Crippen molar-refractivity contribution in [2.45, 2.75) is 32.4 Å². The lowest BCUT2D eigenvalue weighted by Gasteiger charge is -2.37. The second-order valence-electron chi connectivity index (χ2n) is 8.79. The molecule has 1 aromatic carbocycles. The van der Waals surface area contributed by atoms with Gasteiger partial charge in [-0.25, -0.2) is 14.8 Å². The fourth-order valence-corrected chi connectivity index (χ4v) is 4.65. The van der Waals surface area contributed by atoms with E-state index in [2.05, 4.69) is 20.3 Å². The van der Waals surface area contributed by atoms with Gasteiger partial charge < -0.3 is 20.1 Å². The number of rotatable bonds is 4. The van der Waals surface area contributed by atoms with Gasteiger partial charge >= 0.3 is 6.03 Å². The van der Waals surface area contributed by atoms with Crippen LogP contribution < -0.4 is 5.32 Å². The molecule has 0 aliphatic carbocycles. The van der Waals surface area contributed by atoms with Gasteiger partial charge in [0.05, 0.1) is 18.8 Å². The van der Waals surface area contributed by atoms with E-state index in [9.17, 15) is 9.59 Å². The van der Waals surface area contributed by atoms with Gasteiger partial charge in [0.2, 0.25) is 5.78 Å². The van der Waals surface area contributed by atoms with Crippen LogP contribution in [-0.2, 0) is 6.54 Å². The van der Waals surface area contributed by atoms with Crippen molar-refractivity contribution in [2.75, 3.05) is 20.1 Å². The number of benzene rings is 1. The number of fused-ring (bicyclic) bond motifs is 2. The number of urea groups is 1. The number of carbonyl (C=O) groups is 2. The molecule has 0 radical (unpaired) electrons. The summed E-state index contributed by atoms with van der Waals surface area (Å²) in [6.07, 6.45) is 6.82. The summed E-state index contributed by atoms with van der Waals surface area (Å²) in [5.74, 6) is 0.397. The molecule has 4 aromatic rings. The van der Waals surface area contributed by atoms with E-state index < -0.39 is 0 Å². The number of nitrogens with zero attached hydrogens (tertiary/aromatic N) is 5. The lowest BCUT2D eigenvalue weighted by Crippen LogP contribution is -2.52. The number of piperidine rings is 1. The third kappa shape index (κ3) is 4.31. The van der Waals surface area contributed by atoms with E-state index in [1.807, 2.05) is 37.4 Å². The predicted octanol–water partition coefficient (Wildman–Crippen LogP) is 3.62. The minimum atomic E-state index is -0.175. The highest BCUT2D eigenvalue weighted by molar-refractivity contribution is 6.31. The third-order valence-corrected chi connectivity index (χ3v) is 6.57. The van der Waals surface area contributed by atoms with Crippen molar-refractivity contribution in [3.8, 4) is 0 Å². The molecule has 10 heteroatoms. The molecule has 4 heterocycles. The number of aromatic nitrogens is 4. The lowest BCUT2D eigenvalue weighted by atomic mass is 10.0. The summed E-state index contributed by atoms with van der Waals surface area (Å²) in [6.45, 7) is 3.42. The second kappa shape index (κ2) is 8.98. The SMILES string of the molecule is Cc1cnc2ncc(C(=O)N3CCC[C@@H](N(C)C(=O)NCc4cc5cc(Cl)ccc5[nH]4)C3)n2c1. The van der Waals surface area contributed by atoms with Crippen LogP contribution in [0.1, 0.15) is 34.6 Å². The lowest BCUT2D eigenvalue weighted by molar-refractivity contribution is 0.0629. The summed E-state index contributed by atoms with van der Waals surface area (Å²) < 4.78 is 1.73. The van der Waals surface area contributed by atoms with Gasteiger partial charge in [0.25, 0.3) is 5.91 Å². The third-order valence-electron chi connectivity index (χ3n) is 6.33. The number of amides is 3. The zero-order chi connectivity index (χ0) is 23.8. The highest BCUT2D eigenvalue weighted by atomic mass is 35.5. The molecule has 1 atom stereocenters. The van der Waals surface area contributed by atoms with Crippen LogP contribution in [0, 0.1) is 6.92 Å². The molecule has 1 aliphatic heterocycles. The number of imidazole rings is 1. The topological polar surface area (TPSA) is 98.6 Å². The van der Waals surface area contributed by atoms with Crippen LogP contribution in [0.3, 0.4) is 0 Å². The number of nitrogens with one attached hydrogen (secondary N) is 2. The first-order valence-electron chi connectivity index (χ1n) is 11.3. The largest absolute Gasteiger partial charge is 0.357 e. The molecule has 176 valence electrons. The van der Waals surface area contributed by atoms with Crippen LogP contribution >= 0.6 is 11.6 Å². The number of hydrogen-bond donors (Lipinski definition) is 2. The van der Waals surface area contributed by atoms with Crippen LogP contribution in [0.15, 0.2) is 42.9 Å². The Hall–Kier alpha value is -3.59. The number of likely N-dealkylation sites (N-methyl/N-ethyl adjacent to an activating group) is 1. The van der Waals surface area contributed by atoms with E-state index in [1.54, 1.807) is 33.6 Å². The fraction of sp³-hybridized carbons (Fsp3) is 0.333. The Bertz CT molecular complexity index is 1380. The average molecular weight is 480 g/mol. The number of hydrogen-bond acceptors (Lipinski definition) is 4. The molecule has 3 aromatic heterocycles. The van der Waals surface area contributed by atoms with E-state index in [4.69, 9.17) is 11.6 Å². The van der Waals surface area contributed by atoms with Gasteiger partial charge in [-0.15, -0.1) is 0 Å². The number of likely N-dealkylation sites (tertiary alicyclic amines) is 1. The van der Waals surface area contributed by atoms with E-state index in [1.165, 1.54) is 0 Å². The fourth-order valence-electron chi connectivity index (χ4n) is 4.47. The van der Waals surface area contributed by atoms with Crippen LogP contribution in [0.25, 0.3) is 16.7 Å². The second-order valence-corrected chi connectivity index (χ2v) is 9.22. The molecule has 0 saturated carbocycles. The predicted molar refractivity (Wildman–Crippen MR) is 130 cm³/mol.